The van der Waals surface area contributed by atoms with Gasteiger partial charge < -0.3 is 5.11 Å². The van der Waals surface area contributed by atoms with Gasteiger partial charge in [0.05, 0.1) is 10.8 Å². The number of pyridine rings is 1. The Balaban J connectivity index is 2.16. The molecule has 1 aromatic heterocycles. The van der Waals surface area contributed by atoms with Gasteiger partial charge in [0.15, 0.2) is 0 Å². The van der Waals surface area contributed by atoms with E-state index in [4.69, 9.17) is 5.11 Å². The number of carbonyl (C=O) groups is 3. The first-order valence-electron chi connectivity index (χ1n) is 6.59. The van der Waals surface area contributed by atoms with Crippen molar-refractivity contribution in [3.63, 3.8) is 0 Å². The fourth-order valence-electron chi connectivity index (χ4n) is 2.08. The van der Waals surface area contributed by atoms with Crippen LogP contribution in [0.25, 0.3) is 0 Å². The van der Waals surface area contributed by atoms with Gasteiger partial charge in [0, 0.05) is 19.2 Å². The number of likely N-dealkylation sites (tertiary alicyclic amines) is 1. The molecule has 112 valence electrons. The number of carbonyl (C=O) groups excluding carboxylic acids is 2. The van der Waals surface area contributed by atoms with E-state index in [9.17, 15) is 14.4 Å². The minimum Gasteiger partial charge on any atom is -0.478 e. The number of aromatic carboxylic acids is 1. The van der Waals surface area contributed by atoms with E-state index in [-0.39, 0.29) is 34.7 Å². The molecule has 7 heteroatoms. The molecule has 6 nitrogen and oxygen atoms in total. The number of nitrogens with zero attached hydrogens (tertiary/aromatic N) is 2. The van der Waals surface area contributed by atoms with Crippen molar-refractivity contribution in [3.8, 4) is 0 Å². The van der Waals surface area contributed by atoms with E-state index in [0.717, 1.165) is 11.8 Å². The highest BCUT2D eigenvalue weighted by atomic mass is 32.2. The molecule has 0 bridgehead atoms. The van der Waals surface area contributed by atoms with Crippen LogP contribution in [0.5, 0.6) is 0 Å². The molecule has 2 heterocycles. The summed E-state index contributed by atoms with van der Waals surface area (Å²) < 4.78 is 0. The van der Waals surface area contributed by atoms with E-state index in [1.807, 2.05) is 13.8 Å². The second-order valence-electron chi connectivity index (χ2n) is 5.21. The zero-order valence-electron chi connectivity index (χ0n) is 11.8. The highest BCUT2D eigenvalue weighted by molar-refractivity contribution is 8.00. The normalized spacial score (nSPS) is 18.6. The Labute approximate surface area is 126 Å². The molecule has 0 unspecified atom stereocenters. The molecule has 1 N–H and O–H groups in total. The molecule has 0 saturated carbocycles. The third kappa shape index (κ3) is 3.41. The van der Waals surface area contributed by atoms with Gasteiger partial charge in [0.2, 0.25) is 11.8 Å². The number of rotatable bonds is 5. The van der Waals surface area contributed by atoms with Crippen LogP contribution in [0.15, 0.2) is 23.4 Å². The Morgan fingerprint density at radius 3 is 2.86 bits per heavy atom. The van der Waals surface area contributed by atoms with Gasteiger partial charge in [-0.2, -0.15) is 0 Å². The largest absolute Gasteiger partial charge is 0.478 e. The second-order valence-corrected chi connectivity index (χ2v) is 6.40. The highest BCUT2D eigenvalue weighted by Crippen LogP contribution is 2.32. The number of carboxylic acids is 1. The number of amides is 2. The van der Waals surface area contributed by atoms with Gasteiger partial charge in [0.1, 0.15) is 5.03 Å². The molecule has 2 rings (SSSR count). The lowest BCUT2D eigenvalue weighted by Crippen LogP contribution is -2.34. The zero-order valence-corrected chi connectivity index (χ0v) is 12.6. The van der Waals surface area contributed by atoms with Gasteiger partial charge in [0.25, 0.3) is 0 Å². The number of aromatic nitrogens is 1. The van der Waals surface area contributed by atoms with Crippen LogP contribution in [-0.4, -0.2) is 44.6 Å². The SMILES string of the molecule is CC(C)CN1C(=O)C[C@@H](Sc2ncccc2C(=O)O)C1=O. The number of carboxylic acid groups (broad SMARTS) is 1. The van der Waals surface area contributed by atoms with E-state index in [0.29, 0.717) is 6.54 Å². The van der Waals surface area contributed by atoms with Crippen LogP contribution in [0.4, 0.5) is 0 Å². The van der Waals surface area contributed by atoms with Crippen molar-refractivity contribution in [2.45, 2.75) is 30.5 Å². The smallest absolute Gasteiger partial charge is 0.338 e. The van der Waals surface area contributed by atoms with E-state index < -0.39 is 11.2 Å². The van der Waals surface area contributed by atoms with Gasteiger partial charge in [-0.1, -0.05) is 25.6 Å². The fourth-order valence-corrected chi connectivity index (χ4v) is 3.21. The summed E-state index contributed by atoms with van der Waals surface area (Å²) in [6.07, 6.45) is 1.56. The van der Waals surface area contributed by atoms with Crippen molar-refractivity contribution in [1.82, 2.24) is 9.88 Å². The topological polar surface area (TPSA) is 87.6 Å². The minimum atomic E-state index is -1.10. The van der Waals surface area contributed by atoms with Gasteiger partial charge in [-0.05, 0) is 18.1 Å². The second kappa shape index (κ2) is 6.26. The Hall–Kier alpha value is -1.89. The van der Waals surface area contributed by atoms with Crippen LogP contribution in [-0.2, 0) is 9.59 Å². The zero-order chi connectivity index (χ0) is 15.6. The molecule has 1 aliphatic heterocycles. The van der Waals surface area contributed by atoms with Crippen molar-refractivity contribution >= 4 is 29.5 Å². The van der Waals surface area contributed by atoms with E-state index in [1.165, 1.54) is 23.2 Å². The van der Waals surface area contributed by atoms with Crippen molar-refractivity contribution < 1.29 is 19.5 Å². The van der Waals surface area contributed by atoms with Crippen LogP contribution in [0.2, 0.25) is 0 Å². The monoisotopic (exact) mass is 308 g/mol. The quantitative estimate of drug-likeness (QED) is 0.832. The van der Waals surface area contributed by atoms with Crippen LogP contribution in [0, 0.1) is 5.92 Å². The van der Waals surface area contributed by atoms with E-state index >= 15 is 0 Å². The van der Waals surface area contributed by atoms with Crippen LogP contribution >= 0.6 is 11.8 Å². The highest BCUT2D eigenvalue weighted by Gasteiger charge is 2.39. The summed E-state index contributed by atoms with van der Waals surface area (Å²) >= 11 is 1.04. The molecule has 0 radical (unpaired) electrons. The maximum atomic E-state index is 12.2. The molecule has 2 amide bonds. The molecule has 1 atom stereocenters. The molecule has 0 spiro atoms. The average Bonchev–Trinajstić information content (AvgIpc) is 2.66. The summed E-state index contributed by atoms with van der Waals surface area (Å²) in [4.78, 5) is 40.5. The molecule has 1 saturated heterocycles. The van der Waals surface area contributed by atoms with Crippen molar-refractivity contribution in [3.05, 3.63) is 23.9 Å². The first kappa shape index (κ1) is 15.5. The molecule has 1 fully saturated rings. The molecule has 1 aromatic rings. The third-order valence-corrected chi connectivity index (χ3v) is 4.21. The summed E-state index contributed by atoms with van der Waals surface area (Å²) in [5.41, 5.74) is 0.0464. The predicted octanol–water partition coefficient (Wildman–Crippen LogP) is 1.66. The first-order chi connectivity index (χ1) is 9.90. The lowest BCUT2D eigenvalue weighted by molar-refractivity contribution is -0.138. The van der Waals surface area contributed by atoms with Gasteiger partial charge >= 0.3 is 5.97 Å². The van der Waals surface area contributed by atoms with E-state index in [1.54, 1.807) is 0 Å². The maximum Gasteiger partial charge on any atom is 0.338 e. The summed E-state index contributed by atoms with van der Waals surface area (Å²) in [6, 6.07) is 2.96. The Kier molecular flexibility index (Phi) is 4.62. The summed E-state index contributed by atoms with van der Waals surface area (Å²) in [6.45, 7) is 4.26. The van der Waals surface area contributed by atoms with Gasteiger partial charge in [-0.15, -0.1) is 0 Å². The number of hydrogen-bond donors (Lipinski definition) is 1. The molecule has 21 heavy (non-hydrogen) atoms. The molecule has 1 aliphatic rings. The number of thioether (sulfide) groups is 1. The van der Waals surface area contributed by atoms with Crippen LogP contribution < -0.4 is 0 Å². The van der Waals surface area contributed by atoms with Crippen molar-refractivity contribution in [1.29, 1.82) is 0 Å². The number of imide groups is 1. The van der Waals surface area contributed by atoms with Gasteiger partial charge in [-0.25, -0.2) is 9.78 Å². The average molecular weight is 308 g/mol. The van der Waals surface area contributed by atoms with Crippen LogP contribution in [0.1, 0.15) is 30.6 Å². The molecular weight excluding hydrogens is 292 g/mol. The van der Waals surface area contributed by atoms with Gasteiger partial charge in [-0.3, -0.25) is 14.5 Å². The Bertz CT molecular complexity index is 588. The summed E-state index contributed by atoms with van der Waals surface area (Å²) in [5.74, 6) is -1.37. The number of hydrogen-bond acceptors (Lipinski definition) is 5. The standard InChI is InChI=1S/C14H16N2O4S/c1-8(2)7-16-11(17)6-10(13(16)18)21-12-9(14(19)20)4-3-5-15-12/h3-5,8,10H,6-7H2,1-2H3,(H,19,20)/t10-/m1/s1. The molecule has 0 aliphatic carbocycles. The first-order valence-corrected chi connectivity index (χ1v) is 7.47. The fraction of sp³-hybridized carbons (Fsp3) is 0.429. The predicted molar refractivity (Wildman–Crippen MR) is 77.0 cm³/mol. The van der Waals surface area contributed by atoms with Crippen molar-refractivity contribution in [2.75, 3.05) is 6.54 Å². The molecule has 0 aromatic carbocycles. The Morgan fingerprint density at radius 1 is 1.52 bits per heavy atom. The Morgan fingerprint density at radius 2 is 2.24 bits per heavy atom. The lowest BCUT2D eigenvalue weighted by atomic mass is 10.2. The van der Waals surface area contributed by atoms with Crippen molar-refractivity contribution in [2.24, 2.45) is 5.92 Å². The summed E-state index contributed by atoms with van der Waals surface area (Å²) in [7, 11) is 0. The van der Waals surface area contributed by atoms with E-state index in [2.05, 4.69) is 4.98 Å². The maximum absolute atomic E-state index is 12.2. The van der Waals surface area contributed by atoms with Crippen LogP contribution in [0.3, 0.4) is 0 Å². The third-order valence-electron chi connectivity index (χ3n) is 3.01. The molecular formula is C14H16N2O4S. The lowest BCUT2D eigenvalue weighted by Gasteiger charge is -2.17. The minimum absolute atomic E-state index is 0.0464. The summed E-state index contributed by atoms with van der Waals surface area (Å²) in [5, 5.41) is 8.79.